The van der Waals surface area contributed by atoms with Crippen LogP contribution in [0.5, 0.6) is 11.5 Å². The van der Waals surface area contributed by atoms with Crippen molar-refractivity contribution < 1.29 is 9.53 Å². The van der Waals surface area contributed by atoms with Crippen molar-refractivity contribution in [3.05, 3.63) is 59.7 Å². The lowest BCUT2D eigenvalue weighted by molar-refractivity contribution is -0.121. The van der Waals surface area contributed by atoms with Gasteiger partial charge in [-0.25, -0.2) is 0 Å². The van der Waals surface area contributed by atoms with Crippen LogP contribution in [0, 0.1) is 6.92 Å². The van der Waals surface area contributed by atoms with Crippen LogP contribution in [0.2, 0.25) is 0 Å². The first-order chi connectivity index (χ1) is 10.7. The van der Waals surface area contributed by atoms with E-state index in [1.54, 1.807) is 0 Å². The van der Waals surface area contributed by atoms with E-state index in [1.807, 2.05) is 55.5 Å². The van der Waals surface area contributed by atoms with Crippen LogP contribution in [0.1, 0.15) is 24.0 Å². The zero-order chi connectivity index (χ0) is 15.8. The largest absolute Gasteiger partial charge is 0.457 e. The molecule has 2 rings (SSSR count). The Labute approximate surface area is 131 Å². The molecule has 0 fully saturated rings. The molecule has 1 amide bonds. The molecule has 0 aliphatic carbocycles. The van der Waals surface area contributed by atoms with Crippen molar-refractivity contribution in [1.29, 1.82) is 0 Å². The van der Waals surface area contributed by atoms with Crippen molar-refractivity contribution >= 4 is 5.91 Å². The summed E-state index contributed by atoms with van der Waals surface area (Å²) in [7, 11) is 0. The molecule has 0 spiro atoms. The minimum atomic E-state index is 0.0108. The number of hydrogen-bond acceptors (Lipinski definition) is 3. The van der Waals surface area contributed by atoms with Gasteiger partial charge in [-0.05, 0) is 43.7 Å². The first kappa shape index (κ1) is 16.0. The smallest absolute Gasteiger partial charge is 0.220 e. The van der Waals surface area contributed by atoms with Crippen LogP contribution in [0.25, 0.3) is 0 Å². The van der Waals surface area contributed by atoms with E-state index in [1.165, 1.54) is 0 Å². The molecule has 0 aliphatic heterocycles. The van der Waals surface area contributed by atoms with Crippen molar-refractivity contribution in [3.63, 3.8) is 0 Å². The summed E-state index contributed by atoms with van der Waals surface area (Å²) in [5.41, 5.74) is 7.48. The highest BCUT2D eigenvalue weighted by atomic mass is 16.5. The van der Waals surface area contributed by atoms with Gasteiger partial charge in [0.1, 0.15) is 11.5 Å². The maximum absolute atomic E-state index is 11.7. The van der Waals surface area contributed by atoms with E-state index in [0.717, 1.165) is 22.6 Å². The summed E-state index contributed by atoms with van der Waals surface area (Å²) in [6, 6.07) is 15.6. The molecule has 0 heterocycles. The number of para-hydroxylation sites is 1. The van der Waals surface area contributed by atoms with Gasteiger partial charge >= 0.3 is 0 Å². The van der Waals surface area contributed by atoms with Gasteiger partial charge in [0.05, 0.1) is 0 Å². The summed E-state index contributed by atoms with van der Waals surface area (Å²) in [5.74, 6) is 1.56. The lowest BCUT2D eigenvalue weighted by Crippen LogP contribution is -2.23. The molecule has 0 atom stereocenters. The molecule has 4 nitrogen and oxygen atoms in total. The average molecular weight is 298 g/mol. The summed E-state index contributed by atoms with van der Waals surface area (Å²) >= 11 is 0. The molecule has 2 aromatic rings. The van der Waals surface area contributed by atoms with E-state index >= 15 is 0 Å². The molecule has 22 heavy (non-hydrogen) atoms. The number of aryl methyl sites for hydroxylation is 1. The van der Waals surface area contributed by atoms with Gasteiger partial charge in [-0.1, -0.05) is 30.3 Å². The number of benzene rings is 2. The minimum absolute atomic E-state index is 0.0108. The zero-order valence-electron chi connectivity index (χ0n) is 12.8. The molecular formula is C18H22N2O2. The zero-order valence-corrected chi connectivity index (χ0v) is 12.8. The van der Waals surface area contributed by atoms with Gasteiger partial charge in [0.2, 0.25) is 5.91 Å². The highest BCUT2D eigenvalue weighted by molar-refractivity contribution is 5.75. The summed E-state index contributed by atoms with van der Waals surface area (Å²) in [6.07, 6.45) is 1.16. The number of rotatable bonds is 7. The molecule has 0 aromatic heterocycles. The van der Waals surface area contributed by atoms with Crippen molar-refractivity contribution in [2.45, 2.75) is 26.3 Å². The first-order valence-corrected chi connectivity index (χ1v) is 7.48. The third kappa shape index (κ3) is 4.90. The maximum atomic E-state index is 11.7. The van der Waals surface area contributed by atoms with E-state index in [0.29, 0.717) is 25.9 Å². The number of nitrogens with two attached hydrogens (primary N) is 1. The van der Waals surface area contributed by atoms with Crippen molar-refractivity contribution in [1.82, 2.24) is 5.32 Å². The van der Waals surface area contributed by atoms with E-state index in [2.05, 4.69) is 5.32 Å². The third-order valence-electron chi connectivity index (χ3n) is 3.28. The number of hydrogen-bond donors (Lipinski definition) is 2. The molecule has 116 valence electrons. The Morgan fingerprint density at radius 1 is 1.18 bits per heavy atom. The Bertz CT molecular complexity index is 612. The van der Waals surface area contributed by atoms with E-state index in [9.17, 15) is 4.79 Å². The predicted octanol–water partition coefficient (Wildman–Crippen LogP) is 3.14. The average Bonchev–Trinajstić information content (AvgIpc) is 2.53. The molecule has 4 heteroatoms. The van der Waals surface area contributed by atoms with Gasteiger partial charge in [-0.15, -0.1) is 0 Å². The second-order valence-corrected chi connectivity index (χ2v) is 5.20. The Kier molecular flexibility index (Phi) is 5.98. The molecule has 0 radical (unpaired) electrons. The summed E-state index contributed by atoms with van der Waals surface area (Å²) in [4.78, 5) is 11.7. The molecule has 0 unspecified atom stereocenters. The highest BCUT2D eigenvalue weighted by Gasteiger charge is 2.07. The van der Waals surface area contributed by atoms with Gasteiger partial charge in [-0.2, -0.15) is 0 Å². The van der Waals surface area contributed by atoms with Crippen LogP contribution in [-0.2, 0) is 11.3 Å². The number of carbonyl (C=O) groups excluding carboxylic acids is 1. The quantitative estimate of drug-likeness (QED) is 0.825. The van der Waals surface area contributed by atoms with E-state index in [-0.39, 0.29) is 5.91 Å². The van der Waals surface area contributed by atoms with Crippen molar-refractivity contribution in [2.24, 2.45) is 5.73 Å². The summed E-state index contributed by atoms with van der Waals surface area (Å²) in [6.45, 7) is 2.99. The Balaban J connectivity index is 2.06. The standard InChI is InChI=1S/C18H22N2O2/c1-14-9-10-15(13-20-18(21)8-5-11-19)17(12-14)22-16-6-3-2-4-7-16/h2-4,6-7,9-10,12H,5,8,11,13,19H2,1H3,(H,20,21). The van der Waals surface area contributed by atoms with Crippen molar-refractivity contribution in [3.8, 4) is 11.5 Å². The lowest BCUT2D eigenvalue weighted by atomic mass is 10.1. The van der Waals surface area contributed by atoms with Crippen molar-refractivity contribution in [2.75, 3.05) is 6.54 Å². The summed E-state index contributed by atoms with van der Waals surface area (Å²) in [5, 5.41) is 2.90. The molecule has 0 saturated heterocycles. The predicted molar refractivity (Wildman–Crippen MR) is 87.8 cm³/mol. The number of nitrogens with one attached hydrogen (secondary N) is 1. The first-order valence-electron chi connectivity index (χ1n) is 7.48. The van der Waals surface area contributed by atoms with Crippen LogP contribution in [0.3, 0.4) is 0 Å². The second-order valence-electron chi connectivity index (χ2n) is 5.20. The van der Waals surface area contributed by atoms with Gasteiger partial charge < -0.3 is 15.8 Å². The van der Waals surface area contributed by atoms with Gasteiger partial charge in [-0.3, -0.25) is 4.79 Å². The van der Waals surface area contributed by atoms with E-state index < -0.39 is 0 Å². The van der Waals surface area contributed by atoms with Gasteiger partial charge in [0.15, 0.2) is 0 Å². The number of amides is 1. The molecular weight excluding hydrogens is 276 g/mol. The fourth-order valence-electron chi connectivity index (χ4n) is 2.06. The van der Waals surface area contributed by atoms with Gasteiger partial charge in [0, 0.05) is 18.5 Å². The monoisotopic (exact) mass is 298 g/mol. The highest BCUT2D eigenvalue weighted by Crippen LogP contribution is 2.26. The molecule has 0 bridgehead atoms. The Morgan fingerprint density at radius 3 is 2.68 bits per heavy atom. The summed E-state index contributed by atoms with van der Waals surface area (Å²) < 4.78 is 5.93. The Morgan fingerprint density at radius 2 is 1.95 bits per heavy atom. The fraction of sp³-hybridized carbons (Fsp3) is 0.278. The Hall–Kier alpha value is -2.33. The van der Waals surface area contributed by atoms with E-state index in [4.69, 9.17) is 10.5 Å². The SMILES string of the molecule is Cc1ccc(CNC(=O)CCCN)c(Oc2ccccc2)c1. The van der Waals surface area contributed by atoms with Crippen LogP contribution in [-0.4, -0.2) is 12.5 Å². The normalized spacial score (nSPS) is 10.3. The molecule has 2 aromatic carbocycles. The molecule has 0 saturated carbocycles. The van der Waals surface area contributed by atoms with Crippen LogP contribution in [0.4, 0.5) is 0 Å². The van der Waals surface area contributed by atoms with Crippen LogP contribution >= 0.6 is 0 Å². The molecule has 3 N–H and O–H groups in total. The van der Waals surface area contributed by atoms with Gasteiger partial charge in [0.25, 0.3) is 0 Å². The maximum Gasteiger partial charge on any atom is 0.220 e. The fourth-order valence-corrected chi connectivity index (χ4v) is 2.06. The second kappa shape index (κ2) is 8.20. The topological polar surface area (TPSA) is 64.4 Å². The lowest BCUT2D eigenvalue weighted by Gasteiger charge is -2.13. The number of carbonyl (C=O) groups is 1. The molecule has 0 aliphatic rings. The minimum Gasteiger partial charge on any atom is -0.457 e. The number of ether oxygens (including phenoxy) is 1. The van der Waals surface area contributed by atoms with Crippen LogP contribution in [0.15, 0.2) is 48.5 Å². The third-order valence-corrected chi connectivity index (χ3v) is 3.28. The van der Waals surface area contributed by atoms with Crippen LogP contribution < -0.4 is 15.8 Å².